The largest absolute Gasteiger partial charge is 0.377 e. The van der Waals surface area contributed by atoms with Gasteiger partial charge in [-0.25, -0.2) is 0 Å². The van der Waals surface area contributed by atoms with Crippen molar-refractivity contribution in [1.29, 1.82) is 0 Å². The van der Waals surface area contributed by atoms with E-state index in [0.717, 1.165) is 24.4 Å². The zero-order valence-electron chi connectivity index (χ0n) is 12.7. The van der Waals surface area contributed by atoms with Crippen molar-refractivity contribution in [3.05, 3.63) is 23.0 Å². The number of rotatable bonds is 5. The molecule has 2 unspecified atom stereocenters. The van der Waals surface area contributed by atoms with E-state index in [0.29, 0.717) is 13.2 Å². The summed E-state index contributed by atoms with van der Waals surface area (Å²) in [5.74, 6) is 0. The van der Waals surface area contributed by atoms with Gasteiger partial charge in [-0.1, -0.05) is 6.08 Å². The Kier molecular flexibility index (Phi) is 4.96. The lowest BCUT2D eigenvalue weighted by atomic mass is 10.00. The third-order valence-electron chi connectivity index (χ3n) is 3.75. The lowest BCUT2D eigenvalue weighted by Crippen LogP contribution is -2.26. The first-order chi connectivity index (χ1) is 9.56. The van der Waals surface area contributed by atoms with Crippen LogP contribution in [0.1, 0.15) is 43.3 Å². The monoisotopic (exact) mass is 280 g/mol. The number of hydrogen-bond acceptors (Lipinski definition) is 4. The Morgan fingerprint density at radius 3 is 2.85 bits per heavy atom. The van der Waals surface area contributed by atoms with E-state index in [-0.39, 0.29) is 6.04 Å². The van der Waals surface area contributed by atoms with Crippen LogP contribution in [0.3, 0.4) is 0 Å². The zero-order chi connectivity index (χ0) is 14.7. The van der Waals surface area contributed by atoms with Gasteiger partial charge in [0.05, 0.1) is 18.9 Å². The lowest BCUT2D eigenvalue weighted by Gasteiger charge is -2.21. The summed E-state index contributed by atoms with van der Waals surface area (Å²) in [5.41, 5.74) is 4.53. The van der Waals surface area contributed by atoms with Crippen LogP contribution in [0.4, 0.5) is 0 Å². The van der Waals surface area contributed by atoms with Gasteiger partial charge in [-0.05, 0) is 39.7 Å². The highest BCUT2D eigenvalue weighted by atomic mass is 16.6. The highest BCUT2D eigenvalue weighted by Gasteiger charge is 2.23. The van der Waals surface area contributed by atoms with E-state index in [1.807, 2.05) is 32.4 Å². The van der Waals surface area contributed by atoms with Crippen molar-refractivity contribution in [2.24, 2.45) is 0 Å². The number of hydrogen-bond donors (Lipinski definition) is 1. The topological polar surface area (TPSA) is 56.5 Å². The Hall–Kier alpha value is -1.17. The minimum Gasteiger partial charge on any atom is -0.377 e. The lowest BCUT2D eigenvalue weighted by molar-refractivity contribution is -0.123. The number of ether oxygens (including phenoxy) is 2. The van der Waals surface area contributed by atoms with Crippen LogP contribution in [0.15, 0.2) is 6.08 Å². The number of aromatic nitrogens is 2. The zero-order valence-corrected chi connectivity index (χ0v) is 12.7. The van der Waals surface area contributed by atoms with E-state index < -0.39 is 6.29 Å². The Labute approximate surface area is 120 Å². The second-order valence-corrected chi connectivity index (χ2v) is 5.13. The molecule has 5 heteroatoms. The summed E-state index contributed by atoms with van der Waals surface area (Å²) in [7, 11) is 0. The fraction of sp³-hybridized carbons (Fsp3) is 0.667. The smallest absolute Gasteiger partial charge is 0.176 e. The van der Waals surface area contributed by atoms with Crippen LogP contribution in [-0.4, -0.2) is 41.0 Å². The molecule has 1 aromatic rings. The summed E-state index contributed by atoms with van der Waals surface area (Å²) in [4.78, 5) is 0. The molecule has 0 fully saturated rings. The molecule has 112 valence electrons. The molecule has 1 aliphatic rings. The summed E-state index contributed by atoms with van der Waals surface area (Å²) in [5, 5.41) is 14.6. The number of aliphatic hydroxyl groups excluding tert-OH is 1. The summed E-state index contributed by atoms with van der Waals surface area (Å²) >= 11 is 0. The van der Waals surface area contributed by atoms with Gasteiger partial charge in [0, 0.05) is 17.9 Å². The second kappa shape index (κ2) is 6.52. The molecular weight excluding hydrogens is 256 g/mol. The third-order valence-corrected chi connectivity index (χ3v) is 3.75. The van der Waals surface area contributed by atoms with Crippen LogP contribution in [-0.2, 0) is 9.47 Å². The molecule has 1 aliphatic heterocycles. The van der Waals surface area contributed by atoms with Gasteiger partial charge >= 0.3 is 0 Å². The van der Waals surface area contributed by atoms with Gasteiger partial charge in [0.1, 0.15) is 6.04 Å². The van der Waals surface area contributed by atoms with Gasteiger partial charge in [0.15, 0.2) is 6.29 Å². The molecule has 5 nitrogen and oxygen atoms in total. The van der Waals surface area contributed by atoms with E-state index in [1.54, 1.807) is 0 Å². The maximum atomic E-state index is 9.99. The van der Waals surface area contributed by atoms with Crippen LogP contribution in [0.2, 0.25) is 0 Å². The van der Waals surface area contributed by atoms with Crippen LogP contribution in [0, 0.1) is 13.8 Å². The molecule has 0 aliphatic carbocycles. The van der Waals surface area contributed by atoms with Crippen molar-refractivity contribution in [2.45, 2.75) is 46.4 Å². The van der Waals surface area contributed by atoms with Crippen molar-refractivity contribution in [2.75, 3.05) is 19.8 Å². The molecule has 2 heterocycles. The molecule has 0 spiro atoms. The molecule has 1 N–H and O–H groups in total. The van der Waals surface area contributed by atoms with Crippen molar-refractivity contribution in [3.63, 3.8) is 0 Å². The van der Waals surface area contributed by atoms with Crippen LogP contribution in [0.25, 0.3) is 5.57 Å². The molecule has 0 saturated carbocycles. The SMILES string of the molecule is CCOC(O)C(C)n1nc(C)c(C2=CCOCC2)c1C. The number of aryl methyl sites for hydroxylation is 1. The van der Waals surface area contributed by atoms with Gasteiger partial charge in [0.25, 0.3) is 0 Å². The Morgan fingerprint density at radius 2 is 2.25 bits per heavy atom. The maximum absolute atomic E-state index is 9.99. The molecule has 0 bridgehead atoms. The first-order valence-corrected chi connectivity index (χ1v) is 7.18. The average Bonchev–Trinajstić information content (AvgIpc) is 2.74. The van der Waals surface area contributed by atoms with Gasteiger partial charge in [-0.3, -0.25) is 4.68 Å². The van der Waals surface area contributed by atoms with Gasteiger partial charge in [0.2, 0.25) is 0 Å². The molecule has 2 atom stereocenters. The third kappa shape index (κ3) is 2.95. The summed E-state index contributed by atoms with van der Waals surface area (Å²) in [6.07, 6.45) is 2.19. The molecule has 0 saturated heterocycles. The molecule has 0 aromatic carbocycles. The number of aliphatic hydroxyl groups is 1. The molecule has 20 heavy (non-hydrogen) atoms. The predicted octanol–water partition coefficient (Wildman–Crippen LogP) is 2.22. The van der Waals surface area contributed by atoms with Crippen molar-refractivity contribution >= 4 is 5.57 Å². The minimum atomic E-state index is -0.838. The summed E-state index contributed by atoms with van der Waals surface area (Å²) < 4.78 is 12.5. The Morgan fingerprint density at radius 1 is 1.50 bits per heavy atom. The van der Waals surface area contributed by atoms with E-state index in [1.165, 1.54) is 11.1 Å². The highest BCUT2D eigenvalue weighted by molar-refractivity contribution is 5.69. The fourth-order valence-corrected chi connectivity index (χ4v) is 2.71. The molecule has 0 amide bonds. The van der Waals surface area contributed by atoms with Gasteiger partial charge < -0.3 is 14.6 Å². The standard InChI is InChI=1S/C15H24N2O3/c1-5-20-15(18)12(4)17-11(3)14(10(2)16-17)13-6-8-19-9-7-13/h6,12,15,18H,5,7-9H2,1-4H3. The number of nitrogens with zero attached hydrogens (tertiary/aromatic N) is 2. The molecule has 1 aromatic heterocycles. The Balaban J connectivity index is 2.31. The highest BCUT2D eigenvalue weighted by Crippen LogP contribution is 2.29. The quantitative estimate of drug-likeness (QED) is 0.840. The van der Waals surface area contributed by atoms with Crippen LogP contribution in [0.5, 0.6) is 0 Å². The van der Waals surface area contributed by atoms with Crippen molar-refractivity contribution in [3.8, 4) is 0 Å². The summed E-state index contributed by atoms with van der Waals surface area (Å²) in [6.45, 7) is 9.75. The second-order valence-electron chi connectivity index (χ2n) is 5.13. The first kappa shape index (κ1) is 15.2. The van der Waals surface area contributed by atoms with E-state index >= 15 is 0 Å². The summed E-state index contributed by atoms with van der Waals surface area (Å²) in [6, 6.07) is -0.206. The minimum absolute atomic E-state index is 0.206. The van der Waals surface area contributed by atoms with E-state index in [9.17, 15) is 5.11 Å². The Bertz CT molecular complexity index is 494. The molecular formula is C15H24N2O3. The van der Waals surface area contributed by atoms with Crippen LogP contribution < -0.4 is 0 Å². The van der Waals surface area contributed by atoms with Crippen molar-refractivity contribution < 1.29 is 14.6 Å². The van der Waals surface area contributed by atoms with E-state index in [4.69, 9.17) is 9.47 Å². The van der Waals surface area contributed by atoms with E-state index in [2.05, 4.69) is 11.2 Å². The molecule has 2 rings (SSSR count). The first-order valence-electron chi connectivity index (χ1n) is 7.18. The average molecular weight is 280 g/mol. The fourth-order valence-electron chi connectivity index (χ4n) is 2.71. The van der Waals surface area contributed by atoms with Gasteiger partial charge in [-0.2, -0.15) is 5.10 Å². The van der Waals surface area contributed by atoms with Crippen LogP contribution >= 0.6 is 0 Å². The molecule has 0 radical (unpaired) electrons. The van der Waals surface area contributed by atoms with Crippen molar-refractivity contribution in [1.82, 2.24) is 9.78 Å². The predicted molar refractivity (Wildman–Crippen MR) is 77.5 cm³/mol. The maximum Gasteiger partial charge on any atom is 0.176 e. The van der Waals surface area contributed by atoms with Gasteiger partial charge in [-0.15, -0.1) is 0 Å². The normalized spacial score (nSPS) is 18.8.